The summed E-state index contributed by atoms with van der Waals surface area (Å²) in [6.45, 7) is 3.55. The van der Waals surface area contributed by atoms with E-state index in [0.717, 1.165) is 50.4 Å². The lowest BCUT2D eigenvalue weighted by Gasteiger charge is -2.23. The first-order valence-electron chi connectivity index (χ1n) is 9.35. The van der Waals surface area contributed by atoms with Crippen LogP contribution in [0.4, 0.5) is 4.39 Å². The molecule has 0 radical (unpaired) electrons. The molecule has 3 aromatic rings. The van der Waals surface area contributed by atoms with Gasteiger partial charge in [-0.3, -0.25) is 0 Å². The molecule has 0 saturated heterocycles. The summed E-state index contributed by atoms with van der Waals surface area (Å²) in [5.74, 6) is 0.740. The summed E-state index contributed by atoms with van der Waals surface area (Å²) in [6.07, 6.45) is 4.15. The Morgan fingerprint density at radius 2 is 1.85 bits per heavy atom. The number of benzene rings is 2. The van der Waals surface area contributed by atoms with Crippen LogP contribution in [0.5, 0.6) is 0 Å². The zero-order chi connectivity index (χ0) is 18.5. The summed E-state index contributed by atoms with van der Waals surface area (Å²) >= 11 is 0. The molecule has 0 bridgehead atoms. The number of nitrogens with zero attached hydrogens (tertiary/aromatic N) is 4. The molecule has 0 amide bonds. The number of hydrogen-bond donors (Lipinski definition) is 1. The van der Waals surface area contributed by atoms with Crippen LogP contribution in [-0.4, -0.2) is 33.3 Å². The van der Waals surface area contributed by atoms with Gasteiger partial charge in [0.25, 0.3) is 0 Å². The highest BCUT2D eigenvalue weighted by Gasteiger charge is 2.19. The Kier molecular flexibility index (Phi) is 5.34. The normalized spacial score (nSPS) is 16.9. The maximum Gasteiger partial charge on any atom is 0.206 e. The third kappa shape index (κ3) is 4.46. The Morgan fingerprint density at radius 1 is 1.04 bits per heavy atom. The average molecular weight is 364 g/mol. The molecule has 1 aliphatic heterocycles. The second-order valence-electron chi connectivity index (χ2n) is 6.92. The fourth-order valence-corrected chi connectivity index (χ4v) is 3.50. The number of hydrogen-bond acceptors (Lipinski definition) is 3. The lowest BCUT2D eigenvalue weighted by Crippen LogP contribution is -3.11. The molecule has 138 valence electrons. The van der Waals surface area contributed by atoms with E-state index in [9.17, 15) is 4.39 Å². The minimum Gasteiger partial charge on any atom is -0.325 e. The topological polar surface area (TPSA) is 48.0 Å². The molecule has 0 fully saturated rings. The standard InChI is InChI=1S/C21H22FN5/c22-20-8-6-18(7-9-20)19-11-13-26(14-12-19)16-21-23-24-25-27(21)15-10-17-4-2-1-3-5-17/h1-9,11H,10,12-16H2/p+1. The zero-order valence-electron chi connectivity index (χ0n) is 15.2. The molecule has 1 atom stereocenters. The van der Waals surface area contributed by atoms with Crippen LogP contribution in [0.15, 0.2) is 60.7 Å². The van der Waals surface area contributed by atoms with Gasteiger partial charge in [0.05, 0.1) is 13.1 Å². The Hall–Kier alpha value is -2.86. The largest absolute Gasteiger partial charge is 0.325 e. The van der Waals surface area contributed by atoms with Gasteiger partial charge < -0.3 is 4.90 Å². The Bertz CT molecular complexity index is 902. The van der Waals surface area contributed by atoms with Gasteiger partial charge in [-0.2, -0.15) is 0 Å². The van der Waals surface area contributed by atoms with Crippen LogP contribution in [0, 0.1) is 5.82 Å². The van der Waals surface area contributed by atoms with Crippen LogP contribution in [-0.2, 0) is 19.5 Å². The zero-order valence-corrected chi connectivity index (χ0v) is 15.2. The van der Waals surface area contributed by atoms with Crippen molar-refractivity contribution >= 4 is 5.57 Å². The SMILES string of the molecule is Fc1ccc(C2=CC[NH+](Cc3nnnn3CCc3ccccc3)CC2)cc1. The number of halogens is 1. The average Bonchev–Trinajstić information content (AvgIpc) is 3.15. The molecular weight excluding hydrogens is 341 g/mol. The molecule has 1 unspecified atom stereocenters. The predicted molar refractivity (Wildman–Crippen MR) is 101 cm³/mol. The van der Waals surface area contributed by atoms with E-state index in [1.54, 1.807) is 0 Å². The quantitative estimate of drug-likeness (QED) is 0.727. The first-order valence-corrected chi connectivity index (χ1v) is 9.35. The van der Waals surface area contributed by atoms with Gasteiger partial charge in [-0.15, -0.1) is 5.10 Å². The number of nitrogens with one attached hydrogen (secondary N) is 1. The van der Waals surface area contributed by atoms with Crippen molar-refractivity contribution in [3.63, 3.8) is 0 Å². The molecule has 1 aromatic heterocycles. The van der Waals surface area contributed by atoms with Crippen LogP contribution in [0.1, 0.15) is 23.4 Å². The second kappa shape index (κ2) is 8.22. The van der Waals surface area contributed by atoms with Crippen LogP contribution >= 0.6 is 0 Å². The Morgan fingerprint density at radius 3 is 2.59 bits per heavy atom. The molecule has 1 N–H and O–H groups in total. The van der Waals surface area contributed by atoms with Crippen LogP contribution < -0.4 is 4.90 Å². The Balaban J connectivity index is 1.35. The fourth-order valence-electron chi connectivity index (χ4n) is 3.50. The van der Waals surface area contributed by atoms with Crippen LogP contribution in [0.2, 0.25) is 0 Å². The van der Waals surface area contributed by atoms with E-state index in [0.29, 0.717) is 0 Å². The monoisotopic (exact) mass is 364 g/mol. The molecule has 4 rings (SSSR count). The van der Waals surface area contributed by atoms with E-state index in [1.165, 1.54) is 28.2 Å². The minimum absolute atomic E-state index is 0.190. The van der Waals surface area contributed by atoms with E-state index in [1.807, 2.05) is 22.9 Å². The van der Waals surface area contributed by atoms with E-state index in [2.05, 4.69) is 45.9 Å². The van der Waals surface area contributed by atoms with E-state index in [4.69, 9.17) is 0 Å². The smallest absolute Gasteiger partial charge is 0.206 e. The summed E-state index contributed by atoms with van der Waals surface area (Å²) in [6, 6.07) is 17.2. The molecular formula is C21H23FN5+. The molecule has 0 aliphatic carbocycles. The van der Waals surface area contributed by atoms with E-state index >= 15 is 0 Å². The minimum atomic E-state index is -0.190. The molecule has 0 spiro atoms. The molecule has 2 aromatic carbocycles. The molecule has 5 nitrogen and oxygen atoms in total. The maximum absolute atomic E-state index is 13.1. The second-order valence-corrected chi connectivity index (χ2v) is 6.92. The summed E-state index contributed by atoms with van der Waals surface area (Å²) in [4.78, 5) is 1.44. The molecule has 1 aliphatic rings. The lowest BCUT2D eigenvalue weighted by atomic mass is 9.99. The van der Waals surface area contributed by atoms with Gasteiger partial charge in [-0.05, 0) is 51.8 Å². The van der Waals surface area contributed by atoms with Crippen molar-refractivity contribution in [2.45, 2.75) is 25.9 Å². The molecule has 27 heavy (non-hydrogen) atoms. The van der Waals surface area contributed by atoms with E-state index in [-0.39, 0.29) is 5.82 Å². The summed E-state index contributed by atoms with van der Waals surface area (Å²) in [5, 5.41) is 12.3. The van der Waals surface area contributed by atoms with E-state index < -0.39 is 0 Å². The van der Waals surface area contributed by atoms with Gasteiger partial charge in [0.15, 0.2) is 0 Å². The van der Waals surface area contributed by atoms with Gasteiger partial charge in [-0.1, -0.05) is 42.5 Å². The van der Waals surface area contributed by atoms with Crippen molar-refractivity contribution in [1.29, 1.82) is 0 Å². The van der Waals surface area contributed by atoms with Crippen molar-refractivity contribution in [3.8, 4) is 0 Å². The molecule has 0 saturated carbocycles. The number of quaternary nitrogens is 1. The highest BCUT2D eigenvalue weighted by atomic mass is 19.1. The van der Waals surface area contributed by atoms with Crippen molar-refractivity contribution in [1.82, 2.24) is 20.2 Å². The van der Waals surface area contributed by atoms with Crippen molar-refractivity contribution in [3.05, 3.63) is 83.4 Å². The highest BCUT2D eigenvalue weighted by Crippen LogP contribution is 2.18. The van der Waals surface area contributed by atoms with Crippen LogP contribution in [0.25, 0.3) is 5.57 Å². The van der Waals surface area contributed by atoms with Crippen LogP contribution in [0.3, 0.4) is 0 Å². The van der Waals surface area contributed by atoms with Gasteiger partial charge in [0.2, 0.25) is 5.82 Å². The number of aryl methyl sites for hydroxylation is 2. The first kappa shape index (κ1) is 17.5. The lowest BCUT2D eigenvalue weighted by molar-refractivity contribution is -0.909. The number of tetrazole rings is 1. The summed E-state index contributed by atoms with van der Waals surface area (Å²) in [5.41, 5.74) is 3.70. The maximum atomic E-state index is 13.1. The van der Waals surface area contributed by atoms with Crippen molar-refractivity contribution in [2.75, 3.05) is 13.1 Å². The third-order valence-corrected chi connectivity index (χ3v) is 5.07. The van der Waals surface area contributed by atoms with Crippen molar-refractivity contribution < 1.29 is 9.29 Å². The first-order chi connectivity index (χ1) is 13.3. The highest BCUT2D eigenvalue weighted by molar-refractivity contribution is 5.65. The molecule has 6 heteroatoms. The molecule has 2 heterocycles. The predicted octanol–water partition coefficient (Wildman–Crippen LogP) is 1.93. The summed E-state index contributed by atoms with van der Waals surface area (Å²) in [7, 11) is 0. The van der Waals surface area contributed by atoms with Gasteiger partial charge in [0.1, 0.15) is 12.4 Å². The number of rotatable bonds is 6. The van der Waals surface area contributed by atoms with Crippen molar-refractivity contribution in [2.24, 2.45) is 0 Å². The Labute approximate surface area is 158 Å². The van der Waals surface area contributed by atoms with Gasteiger partial charge in [-0.25, -0.2) is 9.07 Å². The van der Waals surface area contributed by atoms with Gasteiger partial charge >= 0.3 is 0 Å². The third-order valence-electron chi connectivity index (χ3n) is 5.07. The summed E-state index contributed by atoms with van der Waals surface area (Å²) < 4.78 is 15.0. The fraction of sp³-hybridized carbons (Fsp3) is 0.286. The van der Waals surface area contributed by atoms with Gasteiger partial charge in [0, 0.05) is 13.0 Å². The number of aromatic nitrogens is 4.